The molecule has 1 heterocycles. The molecule has 0 aliphatic rings. The van der Waals surface area contributed by atoms with E-state index in [4.69, 9.17) is 14.7 Å². The van der Waals surface area contributed by atoms with Gasteiger partial charge >= 0.3 is 5.97 Å². The van der Waals surface area contributed by atoms with Crippen LogP contribution in [0.25, 0.3) is 6.08 Å². The van der Waals surface area contributed by atoms with Crippen LogP contribution in [0, 0.1) is 23.0 Å². The predicted octanol–water partition coefficient (Wildman–Crippen LogP) is 4.78. The summed E-state index contributed by atoms with van der Waals surface area (Å²) in [5, 5.41) is 8.69. The number of hydrogen-bond donors (Lipinski definition) is 0. The molecule has 0 fully saturated rings. The highest BCUT2D eigenvalue weighted by molar-refractivity contribution is 5.87. The predicted molar refractivity (Wildman–Crippen MR) is 101 cm³/mol. The summed E-state index contributed by atoms with van der Waals surface area (Å²) in [4.78, 5) is 15.7. The first-order valence-corrected chi connectivity index (χ1v) is 8.46. The standard InChI is InChI=1S/C22H14F2N2O3/c23-19-11-16(3-6-17(19)12-25)14-28-22(27)8-5-15-4-7-21(20(24)10-15)29-18-2-1-9-26-13-18/h1-11,13H,14H2/b8-5+. The fourth-order valence-corrected chi connectivity index (χ4v) is 2.34. The summed E-state index contributed by atoms with van der Waals surface area (Å²) in [5.41, 5.74) is 0.756. The zero-order valence-electron chi connectivity index (χ0n) is 15.0. The lowest BCUT2D eigenvalue weighted by atomic mass is 10.1. The quantitative estimate of drug-likeness (QED) is 0.446. The molecule has 0 atom stereocenters. The molecule has 0 unspecified atom stereocenters. The first kappa shape index (κ1) is 19.7. The van der Waals surface area contributed by atoms with E-state index >= 15 is 0 Å². The lowest BCUT2D eigenvalue weighted by Crippen LogP contribution is -2.01. The molecular weight excluding hydrogens is 378 g/mol. The van der Waals surface area contributed by atoms with Crippen molar-refractivity contribution in [3.8, 4) is 17.6 Å². The molecule has 144 valence electrons. The van der Waals surface area contributed by atoms with Crippen molar-refractivity contribution in [3.05, 3.63) is 95.3 Å². The second kappa shape index (κ2) is 9.24. The number of aromatic nitrogens is 1. The molecule has 0 amide bonds. The molecule has 1 aromatic heterocycles. The van der Waals surface area contributed by atoms with Crippen LogP contribution in [-0.2, 0) is 16.1 Å². The highest BCUT2D eigenvalue weighted by Crippen LogP contribution is 2.24. The Hall–Kier alpha value is -4.05. The minimum atomic E-state index is -0.680. The van der Waals surface area contributed by atoms with Crippen molar-refractivity contribution in [2.75, 3.05) is 0 Å². The molecule has 29 heavy (non-hydrogen) atoms. The zero-order chi connectivity index (χ0) is 20.6. The van der Waals surface area contributed by atoms with Crippen LogP contribution in [0.3, 0.4) is 0 Å². The maximum atomic E-state index is 14.2. The Morgan fingerprint density at radius 3 is 2.69 bits per heavy atom. The molecular formula is C22H14F2N2O3. The molecule has 0 spiro atoms. The van der Waals surface area contributed by atoms with E-state index in [1.54, 1.807) is 30.5 Å². The van der Waals surface area contributed by atoms with Gasteiger partial charge in [-0.05, 0) is 53.6 Å². The zero-order valence-corrected chi connectivity index (χ0v) is 15.0. The molecule has 0 bridgehead atoms. The fraction of sp³-hybridized carbons (Fsp3) is 0.0455. The number of carbonyl (C=O) groups excluding carboxylic acids is 1. The number of rotatable bonds is 6. The van der Waals surface area contributed by atoms with Crippen molar-refractivity contribution in [1.29, 1.82) is 5.26 Å². The van der Waals surface area contributed by atoms with Gasteiger partial charge in [-0.25, -0.2) is 13.6 Å². The molecule has 2 aromatic carbocycles. The van der Waals surface area contributed by atoms with Crippen LogP contribution in [0.15, 0.2) is 67.0 Å². The van der Waals surface area contributed by atoms with Gasteiger partial charge in [-0.1, -0.05) is 12.1 Å². The summed E-state index contributed by atoms with van der Waals surface area (Å²) in [6, 6.07) is 13.2. The molecule has 0 saturated carbocycles. The smallest absolute Gasteiger partial charge is 0.331 e. The Morgan fingerprint density at radius 1 is 1.14 bits per heavy atom. The van der Waals surface area contributed by atoms with E-state index in [1.165, 1.54) is 36.5 Å². The Kier molecular flexibility index (Phi) is 6.28. The van der Waals surface area contributed by atoms with Gasteiger partial charge in [0.25, 0.3) is 0 Å². The fourth-order valence-electron chi connectivity index (χ4n) is 2.34. The molecule has 7 heteroatoms. The maximum Gasteiger partial charge on any atom is 0.331 e. The number of halogens is 2. The summed E-state index contributed by atoms with van der Waals surface area (Å²) in [6.45, 7) is -0.155. The van der Waals surface area contributed by atoms with E-state index in [0.29, 0.717) is 16.9 Å². The normalized spacial score (nSPS) is 10.5. The van der Waals surface area contributed by atoms with Crippen molar-refractivity contribution < 1.29 is 23.0 Å². The lowest BCUT2D eigenvalue weighted by molar-refractivity contribution is -0.138. The van der Waals surface area contributed by atoms with E-state index < -0.39 is 17.6 Å². The first-order chi connectivity index (χ1) is 14.0. The van der Waals surface area contributed by atoms with Gasteiger partial charge in [0.15, 0.2) is 11.6 Å². The monoisotopic (exact) mass is 392 g/mol. The third-order valence-corrected chi connectivity index (χ3v) is 3.77. The maximum absolute atomic E-state index is 14.2. The lowest BCUT2D eigenvalue weighted by Gasteiger charge is -2.06. The summed E-state index contributed by atoms with van der Waals surface area (Å²) >= 11 is 0. The van der Waals surface area contributed by atoms with Crippen molar-refractivity contribution in [2.45, 2.75) is 6.61 Å². The van der Waals surface area contributed by atoms with Crippen LogP contribution >= 0.6 is 0 Å². The van der Waals surface area contributed by atoms with Crippen molar-refractivity contribution in [3.63, 3.8) is 0 Å². The number of pyridine rings is 1. The largest absolute Gasteiger partial charge is 0.458 e. The number of nitriles is 1. The average Bonchev–Trinajstić information content (AvgIpc) is 2.73. The van der Waals surface area contributed by atoms with Gasteiger partial charge in [0, 0.05) is 12.3 Å². The number of esters is 1. The highest BCUT2D eigenvalue weighted by atomic mass is 19.1. The van der Waals surface area contributed by atoms with E-state index in [-0.39, 0.29) is 17.9 Å². The van der Waals surface area contributed by atoms with Gasteiger partial charge in [-0.2, -0.15) is 5.26 Å². The average molecular weight is 392 g/mol. The minimum Gasteiger partial charge on any atom is -0.458 e. The number of hydrogen-bond acceptors (Lipinski definition) is 5. The number of ether oxygens (including phenoxy) is 2. The van der Waals surface area contributed by atoms with Gasteiger partial charge in [-0.3, -0.25) is 4.98 Å². The van der Waals surface area contributed by atoms with Crippen molar-refractivity contribution in [2.24, 2.45) is 0 Å². The molecule has 0 radical (unpaired) electrons. The number of nitrogens with zero attached hydrogens (tertiary/aromatic N) is 2. The van der Waals surface area contributed by atoms with E-state index in [9.17, 15) is 13.6 Å². The van der Waals surface area contributed by atoms with E-state index in [2.05, 4.69) is 4.98 Å². The second-order valence-corrected chi connectivity index (χ2v) is 5.85. The van der Waals surface area contributed by atoms with E-state index in [1.807, 2.05) is 0 Å². The molecule has 3 rings (SSSR count). The van der Waals surface area contributed by atoms with Gasteiger partial charge < -0.3 is 9.47 Å². The van der Waals surface area contributed by atoms with Crippen LogP contribution in [-0.4, -0.2) is 11.0 Å². The number of benzene rings is 2. The molecule has 3 aromatic rings. The van der Waals surface area contributed by atoms with Crippen LogP contribution in [0.5, 0.6) is 11.5 Å². The van der Waals surface area contributed by atoms with Crippen LogP contribution < -0.4 is 4.74 Å². The Balaban J connectivity index is 1.58. The van der Waals surface area contributed by atoms with Gasteiger partial charge in [-0.15, -0.1) is 0 Å². The summed E-state index contributed by atoms with van der Waals surface area (Å²) < 4.78 is 38.1. The highest BCUT2D eigenvalue weighted by Gasteiger charge is 2.07. The van der Waals surface area contributed by atoms with Gasteiger partial charge in [0.2, 0.25) is 0 Å². The minimum absolute atomic E-state index is 0.0283. The molecule has 0 saturated heterocycles. The molecule has 0 aliphatic heterocycles. The Bertz CT molecular complexity index is 1090. The topological polar surface area (TPSA) is 72.2 Å². The van der Waals surface area contributed by atoms with Gasteiger partial charge in [0.05, 0.1) is 11.8 Å². The molecule has 0 aliphatic carbocycles. The molecule has 5 nitrogen and oxygen atoms in total. The molecule has 0 N–H and O–H groups in total. The SMILES string of the molecule is N#Cc1ccc(COC(=O)/C=C/c2ccc(Oc3cccnc3)c(F)c2)cc1F. The third-order valence-electron chi connectivity index (χ3n) is 3.77. The van der Waals surface area contributed by atoms with Crippen LogP contribution in [0.1, 0.15) is 16.7 Å². The summed E-state index contributed by atoms with van der Waals surface area (Å²) in [5.74, 6) is -1.53. The number of carbonyl (C=O) groups is 1. The van der Waals surface area contributed by atoms with Crippen molar-refractivity contribution >= 4 is 12.0 Å². The summed E-state index contributed by atoms with van der Waals surface area (Å²) in [6.07, 6.45) is 5.56. The Morgan fingerprint density at radius 2 is 2.00 bits per heavy atom. The third kappa shape index (κ3) is 5.47. The van der Waals surface area contributed by atoms with E-state index in [0.717, 1.165) is 12.1 Å². The first-order valence-electron chi connectivity index (χ1n) is 8.46. The Labute approximate surface area is 165 Å². The van der Waals surface area contributed by atoms with Gasteiger partial charge in [0.1, 0.15) is 24.2 Å². The van der Waals surface area contributed by atoms with Crippen LogP contribution in [0.4, 0.5) is 8.78 Å². The summed E-state index contributed by atoms with van der Waals surface area (Å²) in [7, 11) is 0. The van der Waals surface area contributed by atoms with Crippen molar-refractivity contribution in [1.82, 2.24) is 4.98 Å². The van der Waals surface area contributed by atoms with Crippen LogP contribution in [0.2, 0.25) is 0 Å². The second-order valence-electron chi connectivity index (χ2n) is 5.85.